The van der Waals surface area contributed by atoms with Gasteiger partial charge in [-0.3, -0.25) is 4.79 Å². The number of carbonyl (C=O) groups is 2. The molecule has 1 saturated carbocycles. The van der Waals surface area contributed by atoms with Gasteiger partial charge in [-0.2, -0.15) is 0 Å². The smallest absolute Gasteiger partial charge is 0.329 e. The van der Waals surface area contributed by atoms with Gasteiger partial charge in [-0.25, -0.2) is 9.18 Å². The molecule has 1 aliphatic carbocycles. The molecular weight excluding hydrogens is 473 g/mol. The number of benzene rings is 2. The molecule has 1 amide bonds. The monoisotopic (exact) mass is 513 g/mol. The summed E-state index contributed by atoms with van der Waals surface area (Å²) < 4.78 is 25.9. The number of aliphatic carboxylic acids is 1. The van der Waals surface area contributed by atoms with Crippen LogP contribution in [0.15, 0.2) is 42.5 Å². The highest BCUT2D eigenvalue weighted by Gasteiger charge is 2.59. The molecule has 0 aliphatic heterocycles. The van der Waals surface area contributed by atoms with Crippen molar-refractivity contribution in [3.05, 3.63) is 59.2 Å². The molecule has 3 rings (SSSR count). The quantitative estimate of drug-likeness (QED) is 0.311. The number of alkyl halides is 1. The van der Waals surface area contributed by atoms with Crippen LogP contribution >= 0.6 is 0 Å². The van der Waals surface area contributed by atoms with Gasteiger partial charge in [0.05, 0.1) is 13.2 Å². The number of unbranched alkanes of at least 4 members (excludes halogenated alkanes) is 1. The van der Waals surface area contributed by atoms with E-state index in [2.05, 4.69) is 17.4 Å². The fraction of sp³-hybridized carbons (Fsp3) is 0.533. The average Bonchev–Trinajstić information content (AvgIpc) is 2.83. The lowest BCUT2D eigenvalue weighted by Crippen LogP contribution is -2.67. The van der Waals surface area contributed by atoms with Crippen LogP contribution in [-0.4, -0.2) is 41.4 Å². The fourth-order valence-corrected chi connectivity index (χ4v) is 5.26. The van der Waals surface area contributed by atoms with Crippen molar-refractivity contribution in [2.24, 2.45) is 5.92 Å². The summed E-state index contributed by atoms with van der Waals surface area (Å²) in [5.74, 6) is -0.590. The van der Waals surface area contributed by atoms with Crippen LogP contribution in [0.3, 0.4) is 0 Å². The third-order valence-electron chi connectivity index (χ3n) is 7.05. The largest absolute Gasteiger partial charge is 0.493 e. The molecule has 0 radical (unpaired) electrons. The van der Waals surface area contributed by atoms with E-state index in [1.807, 2.05) is 51.1 Å². The summed E-state index contributed by atoms with van der Waals surface area (Å²) in [7, 11) is 0. The fourth-order valence-electron chi connectivity index (χ4n) is 5.26. The summed E-state index contributed by atoms with van der Waals surface area (Å²) in [5.41, 5.74) is -0.117. The van der Waals surface area contributed by atoms with Gasteiger partial charge in [0.1, 0.15) is 22.7 Å². The number of amides is 1. The molecule has 0 bridgehead atoms. The van der Waals surface area contributed by atoms with E-state index < -0.39 is 23.1 Å². The minimum absolute atomic E-state index is 0.227. The van der Waals surface area contributed by atoms with Crippen LogP contribution < -0.4 is 14.8 Å². The Morgan fingerprint density at radius 3 is 2.14 bits per heavy atom. The Labute approximate surface area is 219 Å². The predicted octanol–water partition coefficient (Wildman–Crippen LogP) is 5.83. The van der Waals surface area contributed by atoms with Crippen LogP contribution in [0.5, 0.6) is 11.5 Å². The lowest BCUT2D eigenvalue weighted by atomic mass is 9.66. The van der Waals surface area contributed by atoms with E-state index in [1.165, 1.54) is 12.5 Å². The first kappa shape index (κ1) is 28.5. The lowest BCUT2D eigenvalue weighted by Gasteiger charge is -2.47. The standard InChI is InChI=1S/C30H40FNO5/c1-5-36-25-17-23(18-26(21(25)3)37-6-2)16-24(15-11-10-14-22-12-8-7-9-13-22)27(33)32-30(28(34)35)19-29(4,31)20-30/h7-9,12-13,17-18,24H,5-6,10-11,14-16,19-20H2,1-4H3,(H,32,33)(H,34,35). The Balaban J connectivity index is 1.79. The van der Waals surface area contributed by atoms with Gasteiger partial charge in [-0.15, -0.1) is 0 Å². The Hall–Kier alpha value is -3.09. The minimum atomic E-state index is -1.59. The number of halogens is 1. The number of hydrogen-bond donors (Lipinski definition) is 2. The van der Waals surface area contributed by atoms with E-state index in [0.29, 0.717) is 37.6 Å². The Morgan fingerprint density at radius 1 is 1.03 bits per heavy atom. The van der Waals surface area contributed by atoms with Crippen molar-refractivity contribution in [3.8, 4) is 11.5 Å². The van der Waals surface area contributed by atoms with Gasteiger partial charge < -0.3 is 19.9 Å². The summed E-state index contributed by atoms with van der Waals surface area (Å²) >= 11 is 0. The molecule has 6 nitrogen and oxygen atoms in total. The van der Waals surface area contributed by atoms with Crippen molar-refractivity contribution in [2.75, 3.05) is 13.2 Å². The first-order chi connectivity index (χ1) is 17.6. The van der Waals surface area contributed by atoms with Crippen LogP contribution in [0.4, 0.5) is 4.39 Å². The first-order valence-corrected chi connectivity index (χ1v) is 13.3. The van der Waals surface area contributed by atoms with Crippen molar-refractivity contribution in [1.29, 1.82) is 0 Å². The Kier molecular flexibility index (Phi) is 9.57. The zero-order chi connectivity index (χ0) is 27.1. The topological polar surface area (TPSA) is 84.9 Å². The van der Waals surface area contributed by atoms with Gasteiger partial charge in [-0.1, -0.05) is 36.8 Å². The maximum atomic E-state index is 14.3. The molecule has 0 saturated heterocycles. The van der Waals surface area contributed by atoms with E-state index >= 15 is 0 Å². The predicted molar refractivity (Wildman–Crippen MR) is 142 cm³/mol. The van der Waals surface area contributed by atoms with Crippen molar-refractivity contribution >= 4 is 11.9 Å². The zero-order valence-electron chi connectivity index (χ0n) is 22.4. The molecule has 1 fully saturated rings. The maximum Gasteiger partial charge on any atom is 0.329 e. The molecule has 0 aromatic heterocycles. The zero-order valence-corrected chi connectivity index (χ0v) is 22.4. The van der Waals surface area contributed by atoms with E-state index in [9.17, 15) is 19.1 Å². The van der Waals surface area contributed by atoms with Gasteiger partial charge in [0.2, 0.25) is 5.91 Å². The van der Waals surface area contributed by atoms with Crippen molar-refractivity contribution in [2.45, 2.75) is 83.8 Å². The number of ether oxygens (including phenoxy) is 2. The molecule has 2 aromatic rings. The Bertz CT molecular complexity index is 1030. The van der Waals surface area contributed by atoms with Gasteiger partial charge in [0.15, 0.2) is 0 Å². The third kappa shape index (κ3) is 7.46. The van der Waals surface area contributed by atoms with Crippen LogP contribution in [0, 0.1) is 12.8 Å². The number of carboxylic acid groups (broad SMARTS) is 1. The molecule has 37 heavy (non-hydrogen) atoms. The van der Waals surface area contributed by atoms with Crippen LogP contribution in [0.2, 0.25) is 0 Å². The number of nitrogens with one attached hydrogen (secondary N) is 1. The second kappa shape index (κ2) is 12.4. The highest BCUT2D eigenvalue weighted by molar-refractivity contribution is 5.89. The molecule has 202 valence electrons. The summed E-state index contributed by atoms with van der Waals surface area (Å²) in [6.45, 7) is 8.15. The normalized spacial score (nSPS) is 21.5. The Morgan fingerprint density at radius 2 is 1.62 bits per heavy atom. The van der Waals surface area contributed by atoms with Crippen molar-refractivity contribution in [1.82, 2.24) is 5.32 Å². The first-order valence-electron chi connectivity index (χ1n) is 13.3. The SMILES string of the molecule is CCOc1cc(CC(CCCCc2ccccc2)C(=O)NC2(C(=O)O)CC(C)(F)C2)cc(OCC)c1C. The average molecular weight is 514 g/mol. The van der Waals surface area contributed by atoms with Crippen molar-refractivity contribution in [3.63, 3.8) is 0 Å². The van der Waals surface area contributed by atoms with Crippen molar-refractivity contribution < 1.29 is 28.6 Å². The third-order valence-corrected chi connectivity index (χ3v) is 7.05. The van der Waals surface area contributed by atoms with Gasteiger partial charge in [0.25, 0.3) is 0 Å². The lowest BCUT2D eigenvalue weighted by molar-refractivity contribution is -0.161. The highest BCUT2D eigenvalue weighted by Crippen LogP contribution is 2.44. The second-order valence-electron chi connectivity index (χ2n) is 10.4. The molecule has 1 aliphatic rings. The van der Waals surface area contributed by atoms with Crippen LogP contribution in [0.1, 0.15) is 69.6 Å². The maximum absolute atomic E-state index is 14.3. The summed E-state index contributed by atoms with van der Waals surface area (Å²) in [4.78, 5) is 25.4. The summed E-state index contributed by atoms with van der Waals surface area (Å²) in [6.07, 6.45) is 3.15. The highest BCUT2D eigenvalue weighted by atomic mass is 19.1. The van der Waals surface area contributed by atoms with E-state index in [-0.39, 0.29) is 18.7 Å². The van der Waals surface area contributed by atoms with E-state index in [1.54, 1.807) is 0 Å². The molecule has 0 heterocycles. The van der Waals surface area contributed by atoms with Crippen LogP contribution in [-0.2, 0) is 22.4 Å². The second-order valence-corrected chi connectivity index (χ2v) is 10.4. The molecule has 1 unspecified atom stereocenters. The van der Waals surface area contributed by atoms with Crippen LogP contribution in [0.25, 0.3) is 0 Å². The molecule has 1 atom stereocenters. The number of hydrogen-bond acceptors (Lipinski definition) is 4. The summed E-state index contributed by atoms with van der Waals surface area (Å²) in [5, 5.41) is 12.5. The molecule has 2 N–H and O–H groups in total. The molecular formula is C30H40FNO5. The molecule has 7 heteroatoms. The number of carbonyl (C=O) groups excluding carboxylic acids is 1. The number of aryl methyl sites for hydroxylation is 1. The number of rotatable bonds is 14. The van der Waals surface area contributed by atoms with Gasteiger partial charge >= 0.3 is 5.97 Å². The summed E-state index contributed by atoms with van der Waals surface area (Å²) in [6, 6.07) is 14.0. The number of carboxylic acids is 1. The van der Waals surface area contributed by atoms with Gasteiger partial charge in [-0.05, 0) is 76.6 Å². The minimum Gasteiger partial charge on any atom is -0.493 e. The molecule has 2 aromatic carbocycles. The van der Waals surface area contributed by atoms with Gasteiger partial charge in [0, 0.05) is 24.3 Å². The van der Waals surface area contributed by atoms with E-state index in [4.69, 9.17) is 9.47 Å². The van der Waals surface area contributed by atoms with E-state index in [0.717, 1.165) is 30.4 Å². The molecule has 0 spiro atoms.